The molecule has 2 heterocycles. The van der Waals surface area contributed by atoms with Crippen LogP contribution in [0.15, 0.2) is 37.2 Å². The molecular weight excluding hydrogens is 282 g/mol. The normalized spacial score (nSPS) is 12.8. The van der Waals surface area contributed by atoms with Crippen LogP contribution < -0.4 is 21.1 Å². The number of aromatic nitrogens is 2. The predicted octanol–water partition coefficient (Wildman–Crippen LogP) is 1.15. The topological polar surface area (TPSA) is 102 Å². The summed E-state index contributed by atoms with van der Waals surface area (Å²) in [5.41, 5.74) is 8.56. The Morgan fingerprint density at radius 2 is 2.27 bits per heavy atom. The summed E-state index contributed by atoms with van der Waals surface area (Å²) in [4.78, 5) is 19.3. The third-order valence-corrected chi connectivity index (χ3v) is 3.18. The van der Waals surface area contributed by atoms with Crippen LogP contribution in [0.4, 0.5) is 11.5 Å². The van der Waals surface area contributed by atoms with Crippen molar-refractivity contribution in [1.82, 2.24) is 15.3 Å². The third kappa shape index (κ3) is 2.98. The fourth-order valence-electron chi connectivity index (χ4n) is 2.08. The second-order valence-electron chi connectivity index (χ2n) is 4.83. The summed E-state index contributed by atoms with van der Waals surface area (Å²) in [5, 5.41) is 5.94. The minimum absolute atomic E-state index is 0.0521. The van der Waals surface area contributed by atoms with Crippen LogP contribution in [0.2, 0.25) is 0 Å². The molecule has 1 aromatic heterocycles. The van der Waals surface area contributed by atoms with Gasteiger partial charge in [0.2, 0.25) is 0 Å². The number of nitrogens with two attached hydrogens (primary N) is 1. The van der Waals surface area contributed by atoms with Crippen LogP contribution in [0, 0.1) is 0 Å². The number of amides is 1. The number of hydrogen-bond acceptors (Lipinski definition) is 6. The maximum absolute atomic E-state index is 11.3. The Kier molecular flexibility index (Phi) is 3.61. The number of nitrogen functional groups attached to an aromatic ring is 1. The zero-order valence-electron chi connectivity index (χ0n) is 11.8. The number of hydrogen-bond donors (Lipinski definition) is 3. The van der Waals surface area contributed by atoms with Gasteiger partial charge in [0.15, 0.2) is 6.61 Å². The van der Waals surface area contributed by atoms with Crippen molar-refractivity contribution in [3.63, 3.8) is 0 Å². The van der Waals surface area contributed by atoms with Crippen LogP contribution in [0.5, 0.6) is 5.75 Å². The monoisotopic (exact) mass is 297 g/mol. The average Bonchev–Trinajstić information content (AvgIpc) is 2.52. The van der Waals surface area contributed by atoms with E-state index in [1.807, 2.05) is 18.2 Å². The maximum atomic E-state index is 11.3. The molecule has 2 aromatic rings. The lowest BCUT2D eigenvalue weighted by Gasteiger charge is -2.19. The zero-order valence-corrected chi connectivity index (χ0v) is 11.8. The van der Waals surface area contributed by atoms with E-state index in [4.69, 9.17) is 10.5 Å². The van der Waals surface area contributed by atoms with Crippen molar-refractivity contribution < 1.29 is 9.53 Å². The number of nitrogens with zero attached hydrogens (tertiary/aromatic N) is 2. The van der Waals surface area contributed by atoms with E-state index in [1.165, 1.54) is 6.33 Å². The van der Waals surface area contributed by atoms with Gasteiger partial charge >= 0.3 is 0 Å². The van der Waals surface area contributed by atoms with Gasteiger partial charge in [0.1, 0.15) is 17.9 Å². The Morgan fingerprint density at radius 3 is 3.09 bits per heavy atom. The number of anilines is 2. The van der Waals surface area contributed by atoms with Gasteiger partial charge in [-0.2, -0.15) is 0 Å². The van der Waals surface area contributed by atoms with E-state index < -0.39 is 0 Å². The molecule has 22 heavy (non-hydrogen) atoms. The molecule has 7 heteroatoms. The summed E-state index contributed by atoms with van der Waals surface area (Å²) in [6.07, 6.45) is 1.39. The Labute approximate surface area is 127 Å². The molecule has 0 spiro atoms. The summed E-state index contributed by atoms with van der Waals surface area (Å²) in [5.74, 6) is 0.908. The van der Waals surface area contributed by atoms with Gasteiger partial charge in [-0.05, 0) is 17.7 Å². The number of benzene rings is 1. The van der Waals surface area contributed by atoms with Crippen LogP contribution in [0.3, 0.4) is 0 Å². The molecule has 0 unspecified atom stereocenters. The molecule has 0 atom stereocenters. The van der Waals surface area contributed by atoms with E-state index in [9.17, 15) is 4.79 Å². The first-order chi connectivity index (χ1) is 10.6. The standard InChI is InChI=1S/C15H15N5O2/c1-9(11-5-14(16)19-8-18-11)17-6-10-2-3-13-12(4-10)20-15(21)7-22-13/h2-5,8,17H,1,6-7H2,(H,20,21)(H2,16,18,19). The van der Waals surface area contributed by atoms with E-state index >= 15 is 0 Å². The van der Waals surface area contributed by atoms with Gasteiger partial charge in [0, 0.05) is 12.6 Å². The average molecular weight is 297 g/mol. The first-order valence-corrected chi connectivity index (χ1v) is 6.68. The molecular formula is C15H15N5O2. The number of fused-ring (bicyclic) bond motifs is 1. The van der Waals surface area contributed by atoms with Crippen LogP contribution in [-0.2, 0) is 11.3 Å². The van der Waals surface area contributed by atoms with Crippen molar-refractivity contribution in [3.8, 4) is 5.75 Å². The van der Waals surface area contributed by atoms with Crippen LogP contribution in [-0.4, -0.2) is 22.5 Å². The molecule has 1 aliphatic heterocycles. The summed E-state index contributed by atoms with van der Waals surface area (Å²) < 4.78 is 5.32. The molecule has 0 saturated heterocycles. The lowest BCUT2D eigenvalue weighted by Crippen LogP contribution is -2.25. The molecule has 3 rings (SSSR count). The van der Waals surface area contributed by atoms with E-state index in [1.54, 1.807) is 6.07 Å². The van der Waals surface area contributed by atoms with Crippen molar-refractivity contribution in [1.29, 1.82) is 0 Å². The molecule has 112 valence electrons. The number of ether oxygens (including phenoxy) is 1. The zero-order chi connectivity index (χ0) is 15.5. The number of carbonyl (C=O) groups is 1. The molecule has 1 aliphatic rings. The second-order valence-corrected chi connectivity index (χ2v) is 4.83. The number of nitrogens with one attached hydrogen (secondary N) is 2. The number of carbonyl (C=O) groups excluding carboxylic acids is 1. The summed E-state index contributed by atoms with van der Waals surface area (Å²) in [6.45, 7) is 4.52. The van der Waals surface area contributed by atoms with Crippen molar-refractivity contribution in [2.45, 2.75) is 6.54 Å². The molecule has 0 bridgehead atoms. The van der Waals surface area contributed by atoms with Gasteiger partial charge in [-0.15, -0.1) is 0 Å². The van der Waals surface area contributed by atoms with E-state index in [0.29, 0.717) is 35.2 Å². The summed E-state index contributed by atoms with van der Waals surface area (Å²) >= 11 is 0. The van der Waals surface area contributed by atoms with Crippen molar-refractivity contribution in [2.24, 2.45) is 0 Å². The van der Waals surface area contributed by atoms with Crippen molar-refractivity contribution in [3.05, 3.63) is 48.4 Å². The smallest absolute Gasteiger partial charge is 0.262 e. The molecule has 0 aliphatic carbocycles. The highest BCUT2D eigenvalue weighted by Gasteiger charge is 2.15. The maximum Gasteiger partial charge on any atom is 0.262 e. The van der Waals surface area contributed by atoms with E-state index in [2.05, 4.69) is 27.2 Å². The predicted molar refractivity (Wildman–Crippen MR) is 82.9 cm³/mol. The minimum atomic E-state index is -0.154. The van der Waals surface area contributed by atoms with Gasteiger partial charge < -0.3 is 21.1 Å². The lowest BCUT2D eigenvalue weighted by molar-refractivity contribution is -0.118. The molecule has 4 N–H and O–H groups in total. The Morgan fingerprint density at radius 1 is 1.41 bits per heavy atom. The van der Waals surface area contributed by atoms with Gasteiger partial charge in [0.05, 0.1) is 17.1 Å². The number of rotatable bonds is 4. The largest absolute Gasteiger partial charge is 0.482 e. The first kappa shape index (κ1) is 13.9. The van der Waals surface area contributed by atoms with Gasteiger partial charge in [-0.1, -0.05) is 12.6 Å². The SMILES string of the molecule is C=C(NCc1ccc2c(c1)NC(=O)CO2)c1cc(N)ncn1. The highest BCUT2D eigenvalue weighted by Crippen LogP contribution is 2.28. The molecule has 1 amide bonds. The van der Waals surface area contributed by atoms with Gasteiger partial charge in [0.25, 0.3) is 5.91 Å². The fourth-order valence-corrected chi connectivity index (χ4v) is 2.08. The molecule has 7 nitrogen and oxygen atoms in total. The molecule has 0 radical (unpaired) electrons. The second kappa shape index (κ2) is 5.72. The first-order valence-electron chi connectivity index (χ1n) is 6.68. The van der Waals surface area contributed by atoms with Gasteiger partial charge in [-0.25, -0.2) is 9.97 Å². The van der Waals surface area contributed by atoms with Gasteiger partial charge in [-0.3, -0.25) is 4.79 Å². The Bertz CT molecular complexity index is 744. The van der Waals surface area contributed by atoms with Crippen LogP contribution in [0.25, 0.3) is 5.70 Å². The summed E-state index contributed by atoms with van der Waals surface area (Å²) in [7, 11) is 0. The lowest BCUT2D eigenvalue weighted by atomic mass is 10.1. The fraction of sp³-hybridized carbons (Fsp3) is 0.133. The van der Waals surface area contributed by atoms with E-state index in [-0.39, 0.29) is 12.5 Å². The molecule has 1 aromatic carbocycles. The van der Waals surface area contributed by atoms with E-state index in [0.717, 1.165) is 5.56 Å². The highest BCUT2D eigenvalue weighted by molar-refractivity contribution is 5.95. The highest BCUT2D eigenvalue weighted by atomic mass is 16.5. The Hall–Kier alpha value is -3.09. The van der Waals surface area contributed by atoms with Crippen LogP contribution >= 0.6 is 0 Å². The van der Waals surface area contributed by atoms with Crippen molar-refractivity contribution in [2.75, 3.05) is 17.7 Å². The van der Waals surface area contributed by atoms with Crippen molar-refractivity contribution >= 4 is 23.1 Å². The minimum Gasteiger partial charge on any atom is -0.482 e. The van der Waals surface area contributed by atoms with Crippen LogP contribution in [0.1, 0.15) is 11.3 Å². The molecule has 0 fully saturated rings. The molecule has 0 saturated carbocycles. The summed E-state index contributed by atoms with van der Waals surface area (Å²) in [6, 6.07) is 7.26. The Balaban J connectivity index is 1.68. The third-order valence-electron chi connectivity index (χ3n) is 3.18. The quantitative estimate of drug-likeness (QED) is 0.782.